The van der Waals surface area contributed by atoms with Crippen LogP contribution in [0.3, 0.4) is 0 Å². The number of nitrogens with one attached hydrogen (secondary N) is 2. The number of amides is 1. The minimum atomic E-state index is -1.42. The van der Waals surface area contributed by atoms with Gasteiger partial charge < -0.3 is 20.3 Å². The van der Waals surface area contributed by atoms with Gasteiger partial charge in [0.25, 0.3) is 5.91 Å². The molecule has 0 saturated carbocycles. The lowest BCUT2D eigenvalue weighted by atomic mass is 10.0. The molecule has 1 amide bonds. The molecule has 3 N–H and O–H groups in total. The molecule has 3 heterocycles. The Hall–Kier alpha value is -2.20. The van der Waals surface area contributed by atoms with Crippen molar-refractivity contribution >= 4 is 39.9 Å². The summed E-state index contributed by atoms with van der Waals surface area (Å²) < 4.78 is 28.4. The van der Waals surface area contributed by atoms with Gasteiger partial charge in [-0.05, 0) is 13.3 Å². The molecule has 0 spiro atoms. The summed E-state index contributed by atoms with van der Waals surface area (Å²) in [6.07, 6.45) is 0.0764. The number of halogens is 3. The normalized spacial score (nSPS) is 20.2. The Bertz CT molecular complexity index is 856. The van der Waals surface area contributed by atoms with Crippen LogP contribution in [-0.4, -0.2) is 52.3 Å². The van der Waals surface area contributed by atoms with Crippen LogP contribution in [-0.2, 0) is 0 Å². The highest BCUT2D eigenvalue weighted by molar-refractivity contribution is 7.17. The average Bonchev–Trinajstić information content (AvgIpc) is 3.18. The van der Waals surface area contributed by atoms with Crippen LogP contribution in [0.4, 0.5) is 13.9 Å². The van der Waals surface area contributed by atoms with Crippen molar-refractivity contribution in [2.75, 3.05) is 18.0 Å². The maximum absolute atomic E-state index is 14.5. The molecule has 2 atom stereocenters. The minimum absolute atomic E-state index is 0.0511. The Morgan fingerprint density at radius 2 is 2.27 bits per heavy atom. The van der Waals surface area contributed by atoms with Crippen molar-refractivity contribution in [2.24, 2.45) is 0 Å². The molecular formula is C15H15ClF2N4O3S. The van der Waals surface area contributed by atoms with Crippen LogP contribution in [0.1, 0.15) is 32.3 Å². The van der Waals surface area contributed by atoms with Crippen molar-refractivity contribution in [1.82, 2.24) is 15.3 Å². The fourth-order valence-electron chi connectivity index (χ4n) is 2.72. The Labute approximate surface area is 156 Å². The van der Waals surface area contributed by atoms with Crippen molar-refractivity contribution in [3.8, 4) is 0 Å². The predicted molar refractivity (Wildman–Crippen MR) is 92.6 cm³/mol. The van der Waals surface area contributed by atoms with E-state index in [0.717, 1.165) is 11.3 Å². The number of hydrogen-bond acceptors (Lipinski definition) is 5. The number of aromatic nitrogens is 2. The molecule has 11 heteroatoms. The Morgan fingerprint density at radius 1 is 1.54 bits per heavy atom. The monoisotopic (exact) mass is 404 g/mol. The van der Waals surface area contributed by atoms with E-state index in [-0.39, 0.29) is 28.6 Å². The van der Waals surface area contributed by atoms with Crippen LogP contribution in [0, 0.1) is 12.7 Å². The third kappa shape index (κ3) is 3.51. The van der Waals surface area contributed by atoms with E-state index in [1.165, 1.54) is 13.1 Å². The van der Waals surface area contributed by atoms with E-state index in [9.17, 15) is 18.4 Å². The SMILES string of the molecule is Cc1[nH]c(C(=O)N[C@@H]2CCN(c3ncc(C(=O)O)s3)C[C@@H]2F)c(F)c1Cl. The molecule has 26 heavy (non-hydrogen) atoms. The summed E-state index contributed by atoms with van der Waals surface area (Å²) in [6, 6.07) is -0.792. The molecule has 3 rings (SSSR count). The quantitative estimate of drug-likeness (QED) is 0.727. The number of thiazole rings is 1. The average molecular weight is 405 g/mol. The van der Waals surface area contributed by atoms with E-state index in [0.29, 0.717) is 17.4 Å². The number of aromatic amines is 1. The predicted octanol–water partition coefficient (Wildman–Crippen LogP) is 2.62. The number of hydrogen-bond donors (Lipinski definition) is 3. The van der Waals surface area contributed by atoms with Crippen molar-refractivity contribution in [2.45, 2.75) is 25.6 Å². The summed E-state index contributed by atoms with van der Waals surface area (Å²) in [5, 5.41) is 11.7. The van der Waals surface area contributed by atoms with Gasteiger partial charge in [-0.3, -0.25) is 4.79 Å². The summed E-state index contributed by atoms with van der Waals surface area (Å²) in [4.78, 5) is 31.3. The number of H-pyrrole nitrogens is 1. The molecule has 0 aromatic carbocycles. The largest absolute Gasteiger partial charge is 0.477 e. The zero-order valence-corrected chi connectivity index (χ0v) is 15.1. The summed E-state index contributed by atoms with van der Waals surface area (Å²) in [5.41, 5.74) is -0.00732. The molecule has 2 aromatic heterocycles. The first-order valence-electron chi connectivity index (χ1n) is 7.70. The molecule has 140 valence electrons. The van der Waals surface area contributed by atoms with Crippen molar-refractivity contribution in [1.29, 1.82) is 0 Å². The van der Waals surface area contributed by atoms with E-state index in [2.05, 4.69) is 15.3 Å². The molecule has 1 aliphatic rings. The van der Waals surface area contributed by atoms with Crippen molar-refractivity contribution in [3.63, 3.8) is 0 Å². The summed E-state index contributed by atoms with van der Waals surface area (Å²) >= 11 is 6.67. The maximum Gasteiger partial charge on any atom is 0.347 e. The van der Waals surface area contributed by atoms with Gasteiger partial charge in [-0.15, -0.1) is 0 Å². The smallest absolute Gasteiger partial charge is 0.347 e. The van der Waals surface area contributed by atoms with Gasteiger partial charge >= 0.3 is 5.97 Å². The molecule has 7 nitrogen and oxygen atoms in total. The number of carbonyl (C=O) groups is 2. The van der Waals surface area contributed by atoms with Crippen molar-refractivity contribution < 1.29 is 23.5 Å². The van der Waals surface area contributed by atoms with E-state index in [1.807, 2.05) is 0 Å². The number of aromatic carboxylic acids is 1. The van der Waals surface area contributed by atoms with Crippen LogP contribution >= 0.6 is 22.9 Å². The Balaban J connectivity index is 1.64. The van der Waals surface area contributed by atoms with Gasteiger partial charge in [0.1, 0.15) is 16.7 Å². The highest BCUT2D eigenvalue weighted by atomic mass is 35.5. The van der Waals surface area contributed by atoms with Crippen LogP contribution < -0.4 is 10.2 Å². The van der Waals surface area contributed by atoms with Gasteiger partial charge in [0, 0.05) is 12.2 Å². The lowest BCUT2D eigenvalue weighted by Gasteiger charge is -2.34. The van der Waals surface area contributed by atoms with Crippen LogP contribution in [0.2, 0.25) is 5.02 Å². The van der Waals surface area contributed by atoms with E-state index in [4.69, 9.17) is 16.7 Å². The van der Waals surface area contributed by atoms with Crippen LogP contribution in [0.15, 0.2) is 6.20 Å². The zero-order valence-electron chi connectivity index (χ0n) is 13.6. The molecular weight excluding hydrogens is 390 g/mol. The molecule has 1 aliphatic heterocycles. The minimum Gasteiger partial charge on any atom is -0.477 e. The summed E-state index contributed by atoms with van der Waals surface area (Å²) in [5.74, 6) is -2.71. The topological polar surface area (TPSA) is 98.3 Å². The van der Waals surface area contributed by atoms with Gasteiger partial charge in [0.05, 0.1) is 23.8 Å². The Kier molecular flexibility index (Phi) is 5.15. The lowest BCUT2D eigenvalue weighted by molar-refractivity contribution is 0.0701. The number of anilines is 1. The number of nitrogens with zero attached hydrogens (tertiary/aromatic N) is 2. The lowest BCUT2D eigenvalue weighted by Crippen LogP contribution is -2.52. The number of carboxylic acids is 1. The number of carbonyl (C=O) groups excluding carboxylic acids is 1. The van der Waals surface area contributed by atoms with E-state index >= 15 is 0 Å². The van der Waals surface area contributed by atoms with Gasteiger partial charge in [-0.2, -0.15) is 0 Å². The summed E-state index contributed by atoms with van der Waals surface area (Å²) in [7, 11) is 0. The molecule has 1 fully saturated rings. The highest BCUT2D eigenvalue weighted by Crippen LogP contribution is 2.27. The maximum atomic E-state index is 14.5. The molecule has 2 aromatic rings. The van der Waals surface area contributed by atoms with Crippen LogP contribution in [0.5, 0.6) is 0 Å². The van der Waals surface area contributed by atoms with Crippen molar-refractivity contribution in [3.05, 3.63) is 33.3 Å². The van der Waals surface area contributed by atoms with Gasteiger partial charge in [0.2, 0.25) is 0 Å². The second-order valence-corrected chi connectivity index (χ2v) is 7.28. The molecule has 0 radical (unpaired) electrons. The molecule has 0 unspecified atom stereocenters. The van der Waals surface area contributed by atoms with Crippen LogP contribution in [0.25, 0.3) is 0 Å². The fraction of sp³-hybridized carbons (Fsp3) is 0.400. The van der Waals surface area contributed by atoms with Gasteiger partial charge in [-0.1, -0.05) is 22.9 Å². The van der Waals surface area contributed by atoms with Gasteiger partial charge in [0.15, 0.2) is 10.9 Å². The first kappa shape index (κ1) is 18.6. The Morgan fingerprint density at radius 3 is 2.81 bits per heavy atom. The molecule has 1 saturated heterocycles. The first-order valence-corrected chi connectivity index (χ1v) is 8.90. The van der Waals surface area contributed by atoms with E-state index in [1.54, 1.807) is 4.90 Å². The number of alkyl halides is 1. The molecule has 0 aliphatic carbocycles. The first-order chi connectivity index (χ1) is 12.3. The number of carboxylic acid groups (broad SMARTS) is 1. The fourth-order valence-corrected chi connectivity index (χ4v) is 3.65. The summed E-state index contributed by atoms with van der Waals surface area (Å²) in [6.45, 7) is 1.85. The number of aryl methyl sites for hydroxylation is 1. The zero-order chi connectivity index (χ0) is 19.0. The third-order valence-electron chi connectivity index (χ3n) is 4.11. The van der Waals surface area contributed by atoms with Gasteiger partial charge in [-0.25, -0.2) is 18.6 Å². The third-order valence-corrected chi connectivity index (χ3v) is 5.61. The number of rotatable bonds is 4. The standard InChI is InChI=1S/C15H15ClF2N4O3S/c1-6-10(16)11(18)12(20-6)13(23)21-8-2-3-22(5-7(8)17)15-19-4-9(26-15)14(24)25/h4,7-8,20H,2-3,5H2,1H3,(H,21,23)(H,24,25)/t7-,8+/m0/s1. The highest BCUT2D eigenvalue weighted by Gasteiger charge is 2.33. The van der Waals surface area contributed by atoms with E-state index < -0.39 is 29.9 Å². The molecule has 0 bridgehead atoms. The number of piperidine rings is 1. The second-order valence-electron chi connectivity index (χ2n) is 5.90. The second kappa shape index (κ2) is 7.20.